The third kappa shape index (κ3) is 2.69. The first-order chi connectivity index (χ1) is 13.7. The van der Waals surface area contributed by atoms with Crippen LogP contribution in [0.2, 0.25) is 0 Å². The number of fused-ring (bicyclic) bond motifs is 1. The van der Waals surface area contributed by atoms with Gasteiger partial charge in [0.1, 0.15) is 17.0 Å². The van der Waals surface area contributed by atoms with Crippen LogP contribution in [0.5, 0.6) is 0 Å². The average Bonchev–Trinajstić information content (AvgIpc) is 3.47. The zero-order chi connectivity index (χ0) is 19.1. The number of pyridine rings is 1. The molecule has 1 unspecified atom stereocenters. The molecule has 7 nitrogen and oxygen atoms in total. The molecular formula is C20H22N6OS. The number of nitriles is 1. The van der Waals surface area contributed by atoms with Crippen LogP contribution < -0.4 is 4.90 Å². The Morgan fingerprint density at radius 3 is 2.96 bits per heavy atom. The Morgan fingerprint density at radius 2 is 2.25 bits per heavy atom. The predicted molar refractivity (Wildman–Crippen MR) is 108 cm³/mol. The van der Waals surface area contributed by atoms with Gasteiger partial charge in [0.15, 0.2) is 0 Å². The summed E-state index contributed by atoms with van der Waals surface area (Å²) in [5.74, 6) is 0.917. The van der Waals surface area contributed by atoms with Gasteiger partial charge in [-0.1, -0.05) is 12.8 Å². The summed E-state index contributed by atoms with van der Waals surface area (Å²) in [6.45, 7) is 4.34. The molecule has 2 fully saturated rings. The lowest BCUT2D eigenvalue weighted by Crippen LogP contribution is -2.44. The van der Waals surface area contributed by atoms with Crippen molar-refractivity contribution in [2.75, 3.05) is 24.7 Å². The number of morpholine rings is 1. The van der Waals surface area contributed by atoms with Crippen LogP contribution in [0.3, 0.4) is 0 Å². The van der Waals surface area contributed by atoms with Crippen molar-refractivity contribution in [3.05, 3.63) is 23.9 Å². The molecule has 0 spiro atoms. The van der Waals surface area contributed by atoms with Crippen molar-refractivity contribution in [3.8, 4) is 17.5 Å². The van der Waals surface area contributed by atoms with E-state index in [1.165, 1.54) is 11.5 Å². The van der Waals surface area contributed by atoms with Gasteiger partial charge < -0.3 is 9.64 Å². The molecule has 5 rings (SSSR count). The molecular weight excluding hydrogens is 372 g/mol. The first kappa shape index (κ1) is 17.6. The number of aromatic nitrogens is 4. The molecule has 0 bridgehead atoms. The van der Waals surface area contributed by atoms with E-state index in [9.17, 15) is 5.26 Å². The number of hydrogen-bond acceptors (Lipinski definition) is 7. The first-order valence-electron chi connectivity index (χ1n) is 9.78. The molecule has 1 saturated heterocycles. The van der Waals surface area contributed by atoms with E-state index in [4.69, 9.17) is 14.1 Å². The van der Waals surface area contributed by atoms with E-state index < -0.39 is 5.41 Å². The summed E-state index contributed by atoms with van der Waals surface area (Å²) in [5, 5.41) is 17.2. The standard InChI is InChI=1S/C20H22N6OS/c1-13-11-27-9-8-26(13)16-10-14(20(12-21)5-2-3-6-20)19-18(23-16)17(25-28-19)15-4-7-22-24-15/h4,7,10,13H,2-3,5-6,8-9,11H2,1H3,(H,22,24). The van der Waals surface area contributed by atoms with E-state index in [0.29, 0.717) is 13.2 Å². The average molecular weight is 395 g/mol. The summed E-state index contributed by atoms with van der Waals surface area (Å²) in [5.41, 5.74) is 3.18. The molecule has 28 heavy (non-hydrogen) atoms. The minimum absolute atomic E-state index is 0.246. The largest absolute Gasteiger partial charge is 0.377 e. The molecule has 0 radical (unpaired) electrons. The van der Waals surface area contributed by atoms with E-state index in [0.717, 1.165) is 65.2 Å². The molecule has 1 saturated carbocycles. The van der Waals surface area contributed by atoms with Crippen molar-refractivity contribution in [1.29, 1.82) is 5.26 Å². The van der Waals surface area contributed by atoms with Crippen molar-refractivity contribution >= 4 is 27.6 Å². The lowest BCUT2D eigenvalue weighted by Gasteiger charge is -2.35. The van der Waals surface area contributed by atoms with E-state index in [-0.39, 0.29) is 6.04 Å². The Labute approximate surface area is 167 Å². The highest BCUT2D eigenvalue weighted by Gasteiger charge is 2.39. The maximum atomic E-state index is 10.1. The minimum atomic E-state index is -0.441. The second kappa shape index (κ2) is 6.83. The highest BCUT2D eigenvalue weighted by Crippen LogP contribution is 2.46. The van der Waals surface area contributed by atoms with Gasteiger partial charge in [0.25, 0.3) is 0 Å². The molecule has 8 heteroatoms. The van der Waals surface area contributed by atoms with Gasteiger partial charge in [0.2, 0.25) is 0 Å². The van der Waals surface area contributed by atoms with Gasteiger partial charge in [0.05, 0.1) is 41.1 Å². The second-order valence-electron chi connectivity index (χ2n) is 7.73. The molecule has 0 aromatic carbocycles. The second-order valence-corrected chi connectivity index (χ2v) is 8.50. The van der Waals surface area contributed by atoms with Crippen molar-refractivity contribution in [1.82, 2.24) is 19.6 Å². The highest BCUT2D eigenvalue weighted by molar-refractivity contribution is 7.13. The van der Waals surface area contributed by atoms with Crippen LogP contribution in [0.25, 0.3) is 21.6 Å². The number of anilines is 1. The van der Waals surface area contributed by atoms with Gasteiger partial charge in [-0.15, -0.1) is 0 Å². The Kier molecular flexibility index (Phi) is 4.29. The molecule has 1 N–H and O–H groups in total. The van der Waals surface area contributed by atoms with Crippen LogP contribution in [0.1, 0.15) is 38.2 Å². The predicted octanol–water partition coefficient (Wildman–Crippen LogP) is 3.64. The fraction of sp³-hybridized carbons (Fsp3) is 0.500. The van der Waals surface area contributed by atoms with E-state index in [1.807, 2.05) is 6.07 Å². The molecule has 1 aliphatic heterocycles. The Hall–Kier alpha value is -2.50. The van der Waals surface area contributed by atoms with Gasteiger partial charge in [-0.2, -0.15) is 14.7 Å². The van der Waals surface area contributed by atoms with Crippen molar-refractivity contribution in [3.63, 3.8) is 0 Å². The Balaban J connectivity index is 1.75. The third-order valence-electron chi connectivity index (χ3n) is 6.02. The van der Waals surface area contributed by atoms with Gasteiger partial charge in [-0.25, -0.2) is 4.98 Å². The van der Waals surface area contributed by atoms with Crippen LogP contribution in [0.4, 0.5) is 5.82 Å². The highest BCUT2D eigenvalue weighted by atomic mass is 32.1. The van der Waals surface area contributed by atoms with Crippen LogP contribution in [-0.2, 0) is 10.2 Å². The number of nitrogens with one attached hydrogen (secondary N) is 1. The molecule has 3 aromatic heterocycles. The lowest BCUT2D eigenvalue weighted by atomic mass is 9.80. The number of aromatic amines is 1. The number of nitrogens with zero attached hydrogens (tertiary/aromatic N) is 5. The molecule has 0 amide bonds. The summed E-state index contributed by atoms with van der Waals surface area (Å²) in [4.78, 5) is 7.32. The quantitative estimate of drug-likeness (QED) is 0.729. The molecule has 1 aliphatic carbocycles. The summed E-state index contributed by atoms with van der Waals surface area (Å²) < 4.78 is 11.3. The number of H-pyrrole nitrogens is 1. The number of hydrogen-bond donors (Lipinski definition) is 1. The monoisotopic (exact) mass is 394 g/mol. The first-order valence-corrected chi connectivity index (χ1v) is 10.6. The lowest BCUT2D eigenvalue weighted by molar-refractivity contribution is 0.0985. The van der Waals surface area contributed by atoms with E-state index in [2.05, 4.69) is 34.2 Å². The van der Waals surface area contributed by atoms with Gasteiger partial charge in [-0.05, 0) is 49.0 Å². The number of rotatable bonds is 3. The summed E-state index contributed by atoms with van der Waals surface area (Å²) in [6, 6.07) is 6.96. The smallest absolute Gasteiger partial charge is 0.130 e. The minimum Gasteiger partial charge on any atom is -0.377 e. The topological polar surface area (TPSA) is 90.7 Å². The SMILES string of the molecule is CC1COCCN1c1cc(C2(C#N)CCCC2)c2snc(-c3ccn[nH]3)c2n1. The Bertz CT molecular complexity index is 1030. The zero-order valence-corrected chi connectivity index (χ0v) is 16.6. The van der Waals surface area contributed by atoms with Crippen molar-refractivity contribution in [2.45, 2.75) is 44.1 Å². The Morgan fingerprint density at radius 1 is 1.39 bits per heavy atom. The van der Waals surface area contributed by atoms with Gasteiger partial charge in [0, 0.05) is 12.7 Å². The molecule has 4 heterocycles. The summed E-state index contributed by atoms with van der Waals surface area (Å²) >= 11 is 1.44. The van der Waals surface area contributed by atoms with E-state index >= 15 is 0 Å². The molecule has 1 atom stereocenters. The van der Waals surface area contributed by atoms with Gasteiger partial charge in [-0.3, -0.25) is 5.10 Å². The van der Waals surface area contributed by atoms with Crippen molar-refractivity contribution in [2.24, 2.45) is 0 Å². The molecule has 144 valence electrons. The fourth-order valence-electron chi connectivity index (χ4n) is 4.46. The van der Waals surface area contributed by atoms with E-state index in [1.54, 1.807) is 6.20 Å². The van der Waals surface area contributed by atoms with Crippen molar-refractivity contribution < 1.29 is 4.74 Å². The third-order valence-corrected chi connectivity index (χ3v) is 6.89. The fourth-order valence-corrected chi connectivity index (χ4v) is 5.41. The number of ether oxygens (including phenoxy) is 1. The zero-order valence-electron chi connectivity index (χ0n) is 15.8. The molecule has 2 aliphatic rings. The summed E-state index contributed by atoms with van der Waals surface area (Å²) in [6.07, 6.45) is 5.71. The van der Waals surface area contributed by atoms with Crippen LogP contribution in [0, 0.1) is 11.3 Å². The maximum Gasteiger partial charge on any atom is 0.130 e. The maximum absolute atomic E-state index is 10.1. The summed E-state index contributed by atoms with van der Waals surface area (Å²) in [7, 11) is 0. The molecule has 3 aromatic rings. The van der Waals surface area contributed by atoms with Crippen LogP contribution >= 0.6 is 11.5 Å². The van der Waals surface area contributed by atoms with Gasteiger partial charge >= 0.3 is 0 Å². The van der Waals surface area contributed by atoms with Crippen LogP contribution in [-0.4, -0.2) is 45.4 Å². The normalized spacial score (nSPS) is 21.9. The van der Waals surface area contributed by atoms with Crippen LogP contribution in [0.15, 0.2) is 18.3 Å².